The van der Waals surface area contributed by atoms with Crippen molar-refractivity contribution in [3.05, 3.63) is 18.7 Å². The molecular formula is C20H40LiN. The van der Waals surface area contributed by atoms with Crippen molar-refractivity contribution in [3.8, 4) is 0 Å². The number of hydrogen-bond acceptors (Lipinski definition) is 1. The molecule has 0 rings (SSSR count). The van der Waals surface area contributed by atoms with Gasteiger partial charge in [0.25, 0.3) is 0 Å². The summed E-state index contributed by atoms with van der Waals surface area (Å²) in [7, 11) is 0. The quantitative estimate of drug-likeness (QED) is 0.238. The first-order valence-corrected chi connectivity index (χ1v) is 9.45. The fourth-order valence-electron chi connectivity index (χ4n) is 2.74. The van der Waals surface area contributed by atoms with Crippen molar-refractivity contribution in [1.29, 1.82) is 0 Å². The van der Waals surface area contributed by atoms with E-state index in [9.17, 15) is 0 Å². The third-order valence-corrected chi connectivity index (χ3v) is 4.00. The molecule has 0 saturated heterocycles. The molecule has 0 heterocycles. The average molecular weight is 301 g/mol. The van der Waals surface area contributed by atoms with Gasteiger partial charge in [0.05, 0.1) is 0 Å². The monoisotopic (exact) mass is 301 g/mol. The Balaban J connectivity index is 0. The van der Waals surface area contributed by atoms with Crippen LogP contribution in [0.5, 0.6) is 0 Å². The van der Waals surface area contributed by atoms with Crippen LogP contribution >= 0.6 is 0 Å². The van der Waals surface area contributed by atoms with Crippen LogP contribution in [0.4, 0.5) is 0 Å². The van der Waals surface area contributed by atoms with Gasteiger partial charge in [0, 0.05) is 0 Å². The Bertz CT molecular complexity index is 212. The van der Waals surface area contributed by atoms with Gasteiger partial charge in [0.15, 0.2) is 0 Å². The molecule has 0 aromatic heterocycles. The molecule has 0 bridgehead atoms. The topological polar surface area (TPSA) is 3.24 Å². The van der Waals surface area contributed by atoms with Crippen molar-refractivity contribution in [2.75, 3.05) is 13.1 Å². The van der Waals surface area contributed by atoms with Crippen LogP contribution < -0.4 is 18.9 Å². The molecule has 126 valence electrons. The van der Waals surface area contributed by atoms with Gasteiger partial charge < -0.3 is 4.90 Å². The van der Waals surface area contributed by atoms with E-state index < -0.39 is 0 Å². The molecule has 2 heteroatoms. The van der Waals surface area contributed by atoms with Gasteiger partial charge in [-0.15, -0.1) is 0 Å². The predicted octanol–water partition coefficient (Wildman–Crippen LogP) is 3.75. The maximum atomic E-state index is 4.04. The van der Waals surface area contributed by atoms with Gasteiger partial charge in [-0.1, -0.05) is 85.0 Å². The fourth-order valence-corrected chi connectivity index (χ4v) is 2.74. The first kappa shape index (κ1) is 24.4. The summed E-state index contributed by atoms with van der Waals surface area (Å²) >= 11 is 0. The Kier molecular flexibility index (Phi) is 21.3. The van der Waals surface area contributed by atoms with Crippen LogP contribution in [0.2, 0.25) is 0 Å². The molecule has 0 radical (unpaired) electrons. The maximum absolute atomic E-state index is 4.04. The van der Waals surface area contributed by atoms with E-state index in [1.54, 1.807) is 0 Å². The number of hydrogen-bond donors (Lipinski definition) is 0. The van der Waals surface area contributed by atoms with Gasteiger partial charge in [0.1, 0.15) is 0 Å². The minimum Gasteiger partial charge on any atom is -0.359 e. The zero-order valence-electron chi connectivity index (χ0n) is 16.1. The number of unbranched alkanes of at least 4 members (excludes halogenated alkanes) is 10. The zero-order chi connectivity index (χ0) is 15.8. The van der Waals surface area contributed by atoms with E-state index in [1.165, 1.54) is 95.7 Å². The van der Waals surface area contributed by atoms with E-state index in [4.69, 9.17) is 0 Å². The van der Waals surface area contributed by atoms with E-state index in [2.05, 4.69) is 38.8 Å². The molecule has 0 aliphatic heterocycles. The molecule has 0 aliphatic carbocycles. The van der Waals surface area contributed by atoms with Crippen LogP contribution in [0.25, 0.3) is 0 Å². The normalized spacial score (nSPS) is 10.5. The van der Waals surface area contributed by atoms with Gasteiger partial charge in [-0.3, -0.25) is 0 Å². The second-order valence-electron chi connectivity index (χ2n) is 6.55. The summed E-state index contributed by atoms with van der Waals surface area (Å²) < 4.78 is 0. The Morgan fingerprint density at radius 1 is 0.727 bits per heavy atom. The Morgan fingerprint density at radius 3 is 1.45 bits per heavy atom. The summed E-state index contributed by atoms with van der Waals surface area (Å²) in [5.74, 6) is 0. The minimum absolute atomic E-state index is 0. The molecule has 0 amide bonds. The summed E-state index contributed by atoms with van der Waals surface area (Å²) in [4.78, 5) is 2.50. The summed E-state index contributed by atoms with van der Waals surface area (Å²) in [5.41, 5.74) is 1.19. The fraction of sp³-hybridized carbons (Fsp3) is 0.850. The molecule has 0 atom stereocenters. The van der Waals surface area contributed by atoms with E-state index in [-0.39, 0.29) is 18.9 Å². The van der Waals surface area contributed by atoms with Crippen molar-refractivity contribution < 1.29 is 18.9 Å². The summed E-state index contributed by atoms with van der Waals surface area (Å²) in [5, 5.41) is 0. The van der Waals surface area contributed by atoms with Crippen molar-refractivity contribution in [2.45, 2.75) is 97.8 Å². The van der Waals surface area contributed by atoms with Gasteiger partial charge in [-0.2, -0.15) is 6.54 Å². The summed E-state index contributed by atoms with van der Waals surface area (Å²) in [6.07, 6.45) is 16.6. The standard InChI is InChI=1S/C20H40N.Li/c1-5-7-9-11-13-15-17-21(19-20(3)4)18-16-14-12-10-8-6-2;/h19H,3,5-18H2,1-2,4H3;/q-1;+1. The Morgan fingerprint density at radius 2 is 1.09 bits per heavy atom. The van der Waals surface area contributed by atoms with Gasteiger partial charge in [-0.25, -0.2) is 12.2 Å². The smallest absolute Gasteiger partial charge is 0.359 e. The van der Waals surface area contributed by atoms with Gasteiger partial charge in [-0.05, 0) is 25.9 Å². The molecule has 22 heavy (non-hydrogen) atoms. The molecule has 0 aromatic rings. The van der Waals surface area contributed by atoms with E-state index in [1.807, 2.05) is 0 Å². The number of nitrogens with zero attached hydrogens (tertiary/aromatic N) is 1. The third-order valence-electron chi connectivity index (χ3n) is 4.00. The third kappa shape index (κ3) is 18.2. The number of rotatable bonds is 16. The molecule has 0 aliphatic rings. The van der Waals surface area contributed by atoms with E-state index >= 15 is 0 Å². The first-order valence-electron chi connectivity index (χ1n) is 9.45. The van der Waals surface area contributed by atoms with Crippen molar-refractivity contribution in [1.82, 2.24) is 4.90 Å². The second-order valence-corrected chi connectivity index (χ2v) is 6.55. The molecule has 0 aromatic carbocycles. The van der Waals surface area contributed by atoms with Crippen molar-refractivity contribution in [2.24, 2.45) is 0 Å². The van der Waals surface area contributed by atoms with Crippen LogP contribution in [0, 0.1) is 6.54 Å². The van der Waals surface area contributed by atoms with Crippen LogP contribution in [0.15, 0.2) is 12.2 Å². The first-order chi connectivity index (χ1) is 10.2. The molecule has 0 saturated carbocycles. The SMILES string of the molecule is C=C(C)[CH-]N(CCCCCCCC)CCCCCCCC.[Li+]. The molecule has 0 spiro atoms. The van der Waals surface area contributed by atoms with Gasteiger partial charge in [0.2, 0.25) is 0 Å². The van der Waals surface area contributed by atoms with Crippen molar-refractivity contribution in [3.63, 3.8) is 0 Å². The molecule has 0 N–H and O–H groups in total. The largest absolute Gasteiger partial charge is 1.00 e. The maximum Gasteiger partial charge on any atom is 1.00 e. The molecule has 0 unspecified atom stereocenters. The average Bonchev–Trinajstić information content (AvgIpc) is 2.45. The molecule has 1 nitrogen and oxygen atoms in total. The second kappa shape index (κ2) is 19.2. The molecular weight excluding hydrogens is 261 g/mol. The summed E-state index contributed by atoms with van der Waals surface area (Å²) in [6, 6.07) is 0. The van der Waals surface area contributed by atoms with Gasteiger partial charge >= 0.3 is 18.9 Å². The van der Waals surface area contributed by atoms with E-state index in [0.29, 0.717) is 0 Å². The Hall–Kier alpha value is 0.167. The minimum atomic E-state index is 0. The van der Waals surface area contributed by atoms with Crippen molar-refractivity contribution >= 4 is 0 Å². The van der Waals surface area contributed by atoms with Crippen LogP contribution in [0.3, 0.4) is 0 Å². The van der Waals surface area contributed by atoms with Crippen LogP contribution in [-0.2, 0) is 0 Å². The zero-order valence-corrected chi connectivity index (χ0v) is 16.1. The Labute approximate surface area is 153 Å². The molecule has 0 fully saturated rings. The summed E-state index contributed by atoms with van der Waals surface area (Å²) in [6.45, 7) is 15.4. The van der Waals surface area contributed by atoms with Crippen LogP contribution in [0.1, 0.15) is 97.8 Å². The van der Waals surface area contributed by atoms with Crippen LogP contribution in [-0.4, -0.2) is 18.0 Å². The van der Waals surface area contributed by atoms with E-state index in [0.717, 1.165) is 0 Å². The predicted molar refractivity (Wildman–Crippen MR) is 97.4 cm³/mol.